The molecule has 0 spiro atoms. The molecule has 1 amide bonds. The van der Waals surface area contributed by atoms with Gasteiger partial charge in [-0.1, -0.05) is 17.7 Å². The number of aryl methyl sites for hydroxylation is 3. The molecule has 0 bridgehead atoms. The van der Waals surface area contributed by atoms with Gasteiger partial charge in [0.1, 0.15) is 0 Å². The van der Waals surface area contributed by atoms with Crippen LogP contribution in [0.3, 0.4) is 0 Å². The number of nitrogens with one attached hydrogen (secondary N) is 1. The maximum atomic E-state index is 12.0. The molecule has 2 aromatic carbocycles. The van der Waals surface area contributed by atoms with Crippen molar-refractivity contribution in [3.05, 3.63) is 67.7 Å². The lowest BCUT2D eigenvalue weighted by Crippen LogP contribution is -2.21. The highest BCUT2D eigenvalue weighted by molar-refractivity contribution is 6.34. The van der Waals surface area contributed by atoms with Crippen molar-refractivity contribution in [2.24, 2.45) is 0 Å². The van der Waals surface area contributed by atoms with Crippen LogP contribution in [0.4, 0.5) is 11.4 Å². The molecule has 0 saturated carbocycles. The summed E-state index contributed by atoms with van der Waals surface area (Å²) in [5.74, 6) is -1.28. The van der Waals surface area contributed by atoms with Crippen LogP contribution in [0.2, 0.25) is 5.02 Å². The third-order valence-electron chi connectivity index (χ3n) is 3.66. The van der Waals surface area contributed by atoms with Gasteiger partial charge in [-0.25, -0.2) is 4.79 Å². The van der Waals surface area contributed by atoms with E-state index in [9.17, 15) is 19.7 Å². The standard InChI is InChI=1S/C18H17ClN2O5/c1-10-6-12(3)17(14(19)7-10)20-16(22)9-26-18(23)13-4-5-15(21(24)25)11(2)8-13/h4-8H,9H2,1-3H3,(H,20,22). The number of hydrogen-bond donors (Lipinski definition) is 1. The summed E-state index contributed by atoms with van der Waals surface area (Å²) in [5, 5.41) is 13.8. The number of esters is 1. The average Bonchev–Trinajstić information content (AvgIpc) is 2.55. The number of rotatable bonds is 5. The van der Waals surface area contributed by atoms with Gasteiger partial charge < -0.3 is 10.1 Å². The molecule has 0 atom stereocenters. The number of anilines is 1. The van der Waals surface area contributed by atoms with Gasteiger partial charge in [0, 0.05) is 11.6 Å². The molecule has 26 heavy (non-hydrogen) atoms. The highest BCUT2D eigenvalue weighted by Gasteiger charge is 2.16. The van der Waals surface area contributed by atoms with Gasteiger partial charge in [0.05, 0.1) is 21.2 Å². The maximum absolute atomic E-state index is 12.0. The van der Waals surface area contributed by atoms with Gasteiger partial charge >= 0.3 is 5.97 Å². The molecule has 2 aromatic rings. The summed E-state index contributed by atoms with van der Waals surface area (Å²) in [4.78, 5) is 34.3. The van der Waals surface area contributed by atoms with Crippen molar-refractivity contribution in [2.75, 3.05) is 11.9 Å². The lowest BCUT2D eigenvalue weighted by Gasteiger charge is -2.12. The molecule has 0 aliphatic rings. The molecular weight excluding hydrogens is 360 g/mol. The van der Waals surface area contributed by atoms with Crippen LogP contribution in [0.1, 0.15) is 27.0 Å². The van der Waals surface area contributed by atoms with Crippen molar-refractivity contribution in [1.82, 2.24) is 0 Å². The Morgan fingerprint density at radius 1 is 1.15 bits per heavy atom. The molecule has 136 valence electrons. The first-order valence-corrected chi connectivity index (χ1v) is 8.05. The Morgan fingerprint density at radius 2 is 1.85 bits per heavy atom. The molecule has 2 rings (SSSR count). The Labute approximate surface area is 155 Å². The fraction of sp³-hybridized carbons (Fsp3) is 0.222. The normalized spacial score (nSPS) is 10.3. The number of amides is 1. The summed E-state index contributed by atoms with van der Waals surface area (Å²) in [7, 11) is 0. The first kappa shape index (κ1) is 19.4. The second-order valence-corrected chi connectivity index (χ2v) is 6.23. The number of nitrogens with zero attached hydrogens (tertiary/aromatic N) is 1. The average molecular weight is 377 g/mol. The topological polar surface area (TPSA) is 98.5 Å². The molecule has 0 fully saturated rings. The van der Waals surface area contributed by atoms with Crippen molar-refractivity contribution in [2.45, 2.75) is 20.8 Å². The molecule has 0 aliphatic heterocycles. The second kappa shape index (κ2) is 7.97. The third kappa shape index (κ3) is 4.58. The van der Waals surface area contributed by atoms with E-state index in [0.717, 1.165) is 11.1 Å². The lowest BCUT2D eigenvalue weighted by atomic mass is 10.1. The van der Waals surface area contributed by atoms with E-state index in [1.54, 1.807) is 13.0 Å². The molecule has 0 saturated heterocycles. The van der Waals surface area contributed by atoms with Gasteiger partial charge in [0.2, 0.25) is 0 Å². The number of halogens is 1. The van der Waals surface area contributed by atoms with Crippen LogP contribution in [0.5, 0.6) is 0 Å². The SMILES string of the molecule is Cc1cc(C)c(NC(=O)COC(=O)c2ccc([N+](=O)[O-])c(C)c2)c(Cl)c1. The van der Waals surface area contributed by atoms with Crippen molar-refractivity contribution in [3.8, 4) is 0 Å². The van der Waals surface area contributed by atoms with E-state index in [4.69, 9.17) is 16.3 Å². The summed E-state index contributed by atoms with van der Waals surface area (Å²) >= 11 is 6.12. The molecule has 0 radical (unpaired) electrons. The Balaban J connectivity index is 2.00. The quantitative estimate of drug-likeness (QED) is 0.483. The summed E-state index contributed by atoms with van der Waals surface area (Å²) < 4.78 is 4.96. The van der Waals surface area contributed by atoms with E-state index in [1.165, 1.54) is 25.1 Å². The van der Waals surface area contributed by atoms with Crippen LogP contribution in [0, 0.1) is 30.9 Å². The number of carbonyl (C=O) groups is 2. The monoisotopic (exact) mass is 376 g/mol. The van der Waals surface area contributed by atoms with Gasteiger partial charge in [0.15, 0.2) is 6.61 Å². The van der Waals surface area contributed by atoms with Gasteiger partial charge in [-0.05, 0) is 50.1 Å². The number of hydrogen-bond acceptors (Lipinski definition) is 5. The minimum Gasteiger partial charge on any atom is -0.452 e. The van der Waals surface area contributed by atoms with E-state index in [1.807, 2.05) is 13.0 Å². The van der Waals surface area contributed by atoms with Crippen LogP contribution in [-0.4, -0.2) is 23.4 Å². The molecule has 0 heterocycles. The van der Waals surface area contributed by atoms with Crippen molar-refractivity contribution in [3.63, 3.8) is 0 Å². The van der Waals surface area contributed by atoms with E-state index in [2.05, 4.69) is 5.32 Å². The predicted molar refractivity (Wildman–Crippen MR) is 97.7 cm³/mol. The highest BCUT2D eigenvalue weighted by Crippen LogP contribution is 2.27. The van der Waals surface area contributed by atoms with Crippen LogP contribution in [0.25, 0.3) is 0 Å². The molecule has 7 nitrogen and oxygen atoms in total. The second-order valence-electron chi connectivity index (χ2n) is 5.82. The lowest BCUT2D eigenvalue weighted by molar-refractivity contribution is -0.385. The van der Waals surface area contributed by atoms with Crippen LogP contribution < -0.4 is 5.32 Å². The number of carbonyl (C=O) groups excluding carboxylic acids is 2. The largest absolute Gasteiger partial charge is 0.452 e. The summed E-state index contributed by atoms with van der Waals surface area (Å²) in [6.45, 7) is 4.71. The number of nitro benzene ring substituents is 1. The Bertz CT molecular complexity index is 872. The Hall–Kier alpha value is -2.93. The fourth-order valence-electron chi connectivity index (χ4n) is 2.45. The van der Waals surface area contributed by atoms with Crippen LogP contribution >= 0.6 is 11.6 Å². The summed E-state index contributed by atoms with van der Waals surface area (Å²) in [6.07, 6.45) is 0. The highest BCUT2D eigenvalue weighted by atomic mass is 35.5. The smallest absolute Gasteiger partial charge is 0.338 e. The predicted octanol–water partition coefficient (Wildman–Crippen LogP) is 3.97. The van der Waals surface area contributed by atoms with Gasteiger partial charge in [-0.2, -0.15) is 0 Å². The van der Waals surface area contributed by atoms with Crippen LogP contribution in [0.15, 0.2) is 30.3 Å². The summed E-state index contributed by atoms with van der Waals surface area (Å²) in [6, 6.07) is 7.44. The van der Waals surface area contributed by atoms with Crippen LogP contribution in [-0.2, 0) is 9.53 Å². The molecule has 0 unspecified atom stereocenters. The Kier molecular flexibility index (Phi) is 5.94. The Morgan fingerprint density at radius 3 is 2.42 bits per heavy atom. The third-order valence-corrected chi connectivity index (χ3v) is 3.96. The first-order chi connectivity index (χ1) is 12.2. The molecule has 0 aliphatic carbocycles. The zero-order valence-electron chi connectivity index (χ0n) is 14.5. The maximum Gasteiger partial charge on any atom is 0.338 e. The number of ether oxygens (including phenoxy) is 1. The first-order valence-electron chi connectivity index (χ1n) is 7.68. The van der Waals surface area contributed by atoms with Crippen molar-refractivity contribution in [1.29, 1.82) is 0 Å². The zero-order chi connectivity index (χ0) is 19.4. The zero-order valence-corrected chi connectivity index (χ0v) is 15.2. The molecule has 1 N–H and O–H groups in total. The van der Waals surface area contributed by atoms with Gasteiger partial charge in [0.25, 0.3) is 11.6 Å². The number of benzene rings is 2. The van der Waals surface area contributed by atoms with Crippen molar-refractivity contribution >= 4 is 34.9 Å². The summed E-state index contributed by atoms with van der Waals surface area (Å²) in [5.41, 5.74) is 2.58. The number of nitro groups is 1. The van der Waals surface area contributed by atoms with Gasteiger partial charge in [-0.3, -0.25) is 14.9 Å². The fourth-order valence-corrected chi connectivity index (χ4v) is 2.82. The van der Waals surface area contributed by atoms with E-state index >= 15 is 0 Å². The van der Waals surface area contributed by atoms with Gasteiger partial charge in [-0.15, -0.1) is 0 Å². The molecule has 8 heteroatoms. The van der Waals surface area contributed by atoms with E-state index in [0.29, 0.717) is 16.3 Å². The van der Waals surface area contributed by atoms with Crippen molar-refractivity contribution < 1.29 is 19.2 Å². The van der Waals surface area contributed by atoms with E-state index < -0.39 is 23.4 Å². The molecular formula is C18H17ClN2O5. The molecule has 0 aromatic heterocycles. The minimum atomic E-state index is -0.745. The minimum absolute atomic E-state index is 0.0937. The van der Waals surface area contributed by atoms with E-state index in [-0.39, 0.29) is 11.3 Å².